The summed E-state index contributed by atoms with van der Waals surface area (Å²) in [7, 11) is 1.38. The predicted molar refractivity (Wildman–Crippen MR) is 64.9 cm³/mol. The lowest BCUT2D eigenvalue weighted by molar-refractivity contribution is -0.384. The van der Waals surface area contributed by atoms with Crippen LogP contribution in [0.4, 0.5) is 20.2 Å². The minimum atomic E-state index is -2.58. The summed E-state index contributed by atoms with van der Waals surface area (Å²) in [5.74, 6) is -0.389. The van der Waals surface area contributed by atoms with Gasteiger partial charge >= 0.3 is 0 Å². The van der Waals surface area contributed by atoms with E-state index in [1.54, 1.807) is 0 Å². The highest BCUT2D eigenvalue weighted by molar-refractivity contribution is 6.02. The Bertz CT molecular complexity index is 508. The van der Waals surface area contributed by atoms with Crippen LogP contribution in [0.1, 0.15) is 5.56 Å². The molecule has 0 bridgehead atoms. The quantitative estimate of drug-likeness (QED) is 0.277. The van der Waals surface area contributed by atoms with Crippen molar-refractivity contribution in [3.63, 3.8) is 0 Å². The van der Waals surface area contributed by atoms with E-state index >= 15 is 0 Å². The molecule has 3 N–H and O–H groups in total. The number of alkyl halides is 2. The molecule has 0 radical (unpaired) electrons. The number of benzene rings is 1. The van der Waals surface area contributed by atoms with Crippen LogP contribution in [0.5, 0.6) is 0 Å². The van der Waals surface area contributed by atoms with Crippen LogP contribution in [-0.4, -0.2) is 36.0 Å². The van der Waals surface area contributed by atoms with E-state index in [9.17, 15) is 18.9 Å². The van der Waals surface area contributed by atoms with Gasteiger partial charge in [0.05, 0.1) is 17.0 Å². The molecule has 19 heavy (non-hydrogen) atoms. The Balaban J connectivity index is 3.27. The van der Waals surface area contributed by atoms with Gasteiger partial charge in [0, 0.05) is 24.9 Å². The SMILES string of the molecule is CN(CC(F)F)c1ccc([N+](=O)[O-])cc1/C(N)=N/O. The Hall–Kier alpha value is -2.45. The maximum Gasteiger partial charge on any atom is 0.270 e. The molecule has 9 heteroatoms. The second-order valence-corrected chi connectivity index (χ2v) is 3.72. The molecule has 1 aromatic carbocycles. The summed E-state index contributed by atoms with van der Waals surface area (Å²) in [5, 5.41) is 22.0. The van der Waals surface area contributed by atoms with Gasteiger partial charge in [0.25, 0.3) is 12.1 Å². The van der Waals surface area contributed by atoms with Crippen molar-refractivity contribution in [3.05, 3.63) is 33.9 Å². The van der Waals surface area contributed by atoms with Crippen molar-refractivity contribution in [2.45, 2.75) is 6.43 Å². The van der Waals surface area contributed by atoms with Crippen molar-refractivity contribution < 1.29 is 18.9 Å². The van der Waals surface area contributed by atoms with Gasteiger partial charge in [-0.15, -0.1) is 0 Å². The molecule has 0 aliphatic heterocycles. The summed E-state index contributed by atoms with van der Waals surface area (Å²) in [6.45, 7) is -0.580. The molecular weight excluding hydrogens is 262 g/mol. The number of hydrogen-bond donors (Lipinski definition) is 2. The van der Waals surface area contributed by atoms with E-state index in [1.807, 2.05) is 0 Å². The molecule has 0 aliphatic rings. The first-order valence-electron chi connectivity index (χ1n) is 5.12. The first kappa shape index (κ1) is 14.6. The van der Waals surface area contributed by atoms with Gasteiger partial charge in [-0.05, 0) is 6.07 Å². The van der Waals surface area contributed by atoms with E-state index in [1.165, 1.54) is 18.0 Å². The smallest absolute Gasteiger partial charge is 0.270 e. The van der Waals surface area contributed by atoms with Gasteiger partial charge in [-0.1, -0.05) is 5.16 Å². The van der Waals surface area contributed by atoms with Crippen LogP contribution < -0.4 is 10.6 Å². The highest BCUT2D eigenvalue weighted by Crippen LogP contribution is 2.25. The molecule has 104 valence electrons. The van der Waals surface area contributed by atoms with E-state index in [-0.39, 0.29) is 22.8 Å². The second kappa shape index (κ2) is 5.94. The van der Waals surface area contributed by atoms with Gasteiger partial charge in [-0.25, -0.2) is 8.78 Å². The zero-order valence-corrected chi connectivity index (χ0v) is 9.96. The van der Waals surface area contributed by atoms with E-state index in [2.05, 4.69) is 5.16 Å². The fourth-order valence-corrected chi connectivity index (χ4v) is 1.53. The van der Waals surface area contributed by atoms with Gasteiger partial charge in [-0.3, -0.25) is 10.1 Å². The summed E-state index contributed by atoms with van der Waals surface area (Å²) in [6.07, 6.45) is -2.58. The summed E-state index contributed by atoms with van der Waals surface area (Å²) >= 11 is 0. The molecule has 7 nitrogen and oxygen atoms in total. The summed E-state index contributed by atoms with van der Waals surface area (Å²) in [6, 6.07) is 3.49. The second-order valence-electron chi connectivity index (χ2n) is 3.72. The Morgan fingerprint density at radius 1 is 1.63 bits per heavy atom. The fraction of sp³-hybridized carbons (Fsp3) is 0.300. The summed E-state index contributed by atoms with van der Waals surface area (Å²) < 4.78 is 24.7. The number of nitro groups is 1. The number of rotatable bonds is 5. The molecular formula is C10H12F2N4O3. The van der Waals surface area contributed by atoms with Crippen LogP contribution >= 0.6 is 0 Å². The summed E-state index contributed by atoms with van der Waals surface area (Å²) in [4.78, 5) is 11.2. The minimum absolute atomic E-state index is 0.0138. The van der Waals surface area contributed by atoms with Crippen molar-refractivity contribution in [3.8, 4) is 0 Å². The molecule has 0 fully saturated rings. The van der Waals surface area contributed by atoms with Crippen molar-refractivity contribution >= 4 is 17.2 Å². The van der Waals surface area contributed by atoms with Gasteiger partial charge < -0.3 is 15.8 Å². The zero-order valence-electron chi connectivity index (χ0n) is 9.96. The topological polar surface area (TPSA) is 105 Å². The first-order valence-corrected chi connectivity index (χ1v) is 5.12. The molecule has 1 aromatic rings. The van der Waals surface area contributed by atoms with Gasteiger partial charge in [0.2, 0.25) is 0 Å². The number of non-ortho nitro benzene ring substituents is 1. The largest absolute Gasteiger partial charge is 0.409 e. The van der Waals surface area contributed by atoms with E-state index in [4.69, 9.17) is 10.9 Å². The number of nitrogens with two attached hydrogens (primary N) is 1. The molecule has 0 aliphatic carbocycles. The van der Waals surface area contributed by atoms with Crippen LogP contribution in [0.25, 0.3) is 0 Å². The Kier molecular flexibility index (Phi) is 4.56. The van der Waals surface area contributed by atoms with Gasteiger partial charge in [0.1, 0.15) is 0 Å². The third-order valence-corrected chi connectivity index (χ3v) is 2.40. The normalized spacial score (nSPS) is 11.7. The molecule has 0 saturated heterocycles. The van der Waals surface area contributed by atoms with Crippen molar-refractivity contribution in [2.75, 3.05) is 18.5 Å². The lowest BCUT2D eigenvalue weighted by Gasteiger charge is -2.21. The maximum absolute atomic E-state index is 12.3. The number of oxime groups is 1. The standard InChI is InChI=1S/C10H12F2N4O3/c1-15(5-9(11)12)8-3-2-6(16(18)19)4-7(8)10(13)14-17/h2-4,9,17H,5H2,1H3,(H2,13,14). The van der Waals surface area contributed by atoms with Crippen molar-refractivity contribution in [1.82, 2.24) is 0 Å². The van der Waals surface area contributed by atoms with Crippen LogP contribution in [-0.2, 0) is 0 Å². The monoisotopic (exact) mass is 274 g/mol. The lowest BCUT2D eigenvalue weighted by atomic mass is 10.1. The first-order chi connectivity index (χ1) is 8.86. The Morgan fingerprint density at radius 3 is 2.74 bits per heavy atom. The molecule has 0 heterocycles. The van der Waals surface area contributed by atoms with E-state index in [0.717, 1.165) is 12.1 Å². The lowest BCUT2D eigenvalue weighted by Crippen LogP contribution is -2.27. The Morgan fingerprint density at radius 2 is 2.26 bits per heavy atom. The molecule has 1 rings (SSSR count). The van der Waals surface area contributed by atoms with Crippen LogP contribution in [0, 0.1) is 10.1 Å². The van der Waals surface area contributed by atoms with E-state index in [0.29, 0.717) is 0 Å². The van der Waals surface area contributed by atoms with Crippen LogP contribution in [0.2, 0.25) is 0 Å². The van der Waals surface area contributed by atoms with Crippen LogP contribution in [0.3, 0.4) is 0 Å². The van der Waals surface area contributed by atoms with Gasteiger partial charge in [-0.2, -0.15) is 0 Å². The fourth-order valence-electron chi connectivity index (χ4n) is 1.53. The highest BCUT2D eigenvalue weighted by atomic mass is 19.3. The summed E-state index contributed by atoms with van der Waals surface area (Å²) in [5.41, 5.74) is 5.34. The van der Waals surface area contributed by atoms with E-state index < -0.39 is 17.9 Å². The van der Waals surface area contributed by atoms with Crippen molar-refractivity contribution in [1.29, 1.82) is 0 Å². The number of nitro benzene ring substituents is 1. The number of halogens is 2. The molecule has 0 saturated carbocycles. The molecule has 0 amide bonds. The molecule has 0 atom stereocenters. The van der Waals surface area contributed by atoms with Gasteiger partial charge in [0.15, 0.2) is 5.84 Å². The zero-order chi connectivity index (χ0) is 14.6. The molecule has 0 spiro atoms. The van der Waals surface area contributed by atoms with Crippen LogP contribution in [0.15, 0.2) is 23.4 Å². The third-order valence-electron chi connectivity index (χ3n) is 2.40. The average Bonchev–Trinajstić information content (AvgIpc) is 2.36. The molecule has 0 unspecified atom stereocenters. The average molecular weight is 274 g/mol. The minimum Gasteiger partial charge on any atom is -0.409 e. The van der Waals surface area contributed by atoms with Crippen molar-refractivity contribution in [2.24, 2.45) is 10.9 Å². The number of nitrogens with zero attached hydrogens (tertiary/aromatic N) is 3. The number of amidine groups is 1. The predicted octanol–water partition coefficient (Wildman–Crippen LogP) is 1.39. The highest BCUT2D eigenvalue weighted by Gasteiger charge is 2.18. The number of hydrogen-bond acceptors (Lipinski definition) is 5. The molecule has 0 aromatic heterocycles. The third kappa shape index (κ3) is 3.50. The maximum atomic E-state index is 12.3. The number of anilines is 1. The Labute approximate surface area is 107 Å².